The van der Waals surface area contributed by atoms with E-state index in [0.29, 0.717) is 11.1 Å². The van der Waals surface area contributed by atoms with Gasteiger partial charge in [-0.15, -0.1) is 0 Å². The van der Waals surface area contributed by atoms with Crippen LogP contribution < -0.4 is 0 Å². The molecule has 0 aromatic heterocycles. The lowest BCUT2D eigenvalue weighted by Gasteiger charge is -2.47. The van der Waals surface area contributed by atoms with Crippen molar-refractivity contribution in [3.8, 4) is 0 Å². The van der Waals surface area contributed by atoms with E-state index in [4.69, 9.17) is 20.6 Å². The van der Waals surface area contributed by atoms with Gasteiger partial charge in [-0.25, -0.2) is 0 Å². The van der Waals surface area contributed by atoms with Gasteiger partial charge < -0.3 is 20.6 Å². The molecule has 39 heavy (non-hydrogen) atoms. The summed E-state index contributed by atoms with van der Waals surface area (Å²) in [5.74, 6) is 0. The molecular weight excluding hydrogens is 585 g/mol. The number of hydrogen-bond donors (Lipinski definition) is 0. The predicted molar refractivity (Wildman–Crippen MR) is 183 cm³/mol. The molecule has 224 valence electrons. The van der Waals surface area contributed by atoms with E-state index in [-0.39, 0.29) is 0 Å². The van der Waals surface area contributed by atoms with Crippen molar-refractivity contribution in [2.24, 2.45) is 0 Å². The van der Waals surface area contributed by atoms with Crippen LogP contribution in [-0.2, 0) is 20.6 Å². The quantitative estimate of drug-likeness (QED) is 0.204. The van der Waals surface area contributed by atoms with Crippen molar-refractivity contribution in [1.82, 2.24) is 0 Å². The largest absolute Gasteiger partial charge is 0.475 e. The Morgan fingerprint density at radius 2 is 0.718 bits per heavy atom. The lowest BCUT2D eigenvalue weighted by Crippen LogP contribution is -2.64. The zero-order chi connectivity index (χ0) is 28.7. The fraction of sp³-hybridized carbons (Fsp3) is 0.714. The highest BCUT2D eigenvalue weighted by atomic mass is 28.5. The summed E-state index contributed by atoms with van der Waals surface area (Å²) >= 11 is 0. The highest BCUT2D eigenvalue weighted by Gasteiger charge is 2.59. The third-order valence-corrected chi connectivity index (χ3v) is 26.1. The number of rotatable bonds is 16. The monoisotopic (exact) mass is 642 g/mol. The van der Waals surface area contributed by atoms with Crippen LogP contribution in [0.15, 0.2) is 45.1 Å². The molecule has 2 aliphatic carbocycles. The van der Waals surface area contributed by atoms with E-state index in [2.05, 4.69) is 78.2 Å². The molecule has 0 amide bonds. The highest BCUT2D eigenvalue weighted by Crippen LogP contribution is 2.45. The zero-order valence-electron chi connectivity index (χ0n) is 26.4. The topological polar surface area (TPSA) is 46.2 Å². The maximum Gasteiger partial charge on any atom is 0.475 e. The molecule has 2 fully saturated rings. The second-order valence-corrected chi connectivity index (χ2v) is 24.8. The minimum absolute atomic E-state index is 0.361. The first-order valence-electron chi connectivity index (χ1n) is 15.4. The van der Waals surface area contributed by atoms with Gasteiger partial charge in [0.25, 0.3) is 0 Å². The second-order valence-electron chi connectivity index (χ2n) is 12.3. The van der Waals surface area contributed by atoms with Crippen molar-refractivity contribution >= 4 is 56.7 Å². The molecule has 0 unspecified atom stereocenters. The fourth-order valence-corrected chi connectivity index (χ4v) is 25.8. The van der Waals surface area contributed by atoms with E-state index in [0.717, 1.165) is 25.7 Å². The number of allylic oxidation sites excluding steroid dienone is 4. The summed E-state index contributed by atoms with van der Waals surface area (Å²) in [7, 11) is -9.84. The van der Waals surface area contributed by atoms with Crippen LogP contribution in [0.25, 0.3) is 0 Å². The molecule has 2 aliphatic rings. The van der Waals surface area contributed by atoms with Gasteiger partial charge in [-0.05, 0) is 81.1 Å². The van der Waals surface area contributed by atoms with Crippen molar-refractivity contribution in [3.05, 3.63) is 45.1 Å². The molecule has 0 heterocycles. The summed E-state index contributed by atoms with van der Waals surface area (Å²) in [6.07, 6.45) is 12.1. The van der Waals surface area contributed by atoms with E-state index in [1.165, 1.54) is 60.8 Å². The molecule has 0 aromatic rings. The molecular formula is C28H58O5Si6. The Hall–Kier alpha value is 0.0613. The van der Waals surface area contributed by atoms with Crippen LogP contribution in [0.2, 0.25) is 11.1 Å². The molecule has 0 spiro atoms. The van der Waals surface area contributed by atoms with Crippen molar-refractivity contribution in [2.45, 2.75) is 131 Å². The third-order valence-electron chi connectivity index (χ3n) is 7.60. The number of hydrogen-bond acceptors (Lipinski definition) is 5. The summed E-state index contributed by atoms with van der Waals surface area (Å²) < 4.78 is 36.0. The SMILES string of the molecule is CC(C)=C[SiH2]O[Si](O[SiH2]C=C(C)C)(O[Si](O[SiH2]C=C(C)C)(O[SiH2]C=C(C)C)C1CCCCC1)C1CCCCC1. The molecule has 0 saturated heterocycles. The molecule has 0 aromatic carbocycles. The van der Waals surface area contributed by atoms with Crippen LogP contribution in [0.1, 0.15) is 120 Å². The normalized spacial score (nSPS) is 21.1. The molecule has 0 bridgehead atoms. The van der Waals surface area contributed by atoms with E-state index < -0.39 is 56.7 Å². The summed E-state index contributed by atoms with van der Waals surface area (Å²) in [4.78, 5) is 0. The van der Waals surface area contributed by atoms with Crippen LogP contribution in [-0.4, -0.2) is 56.7 Å². The molecule has 5 nitrogen and oxygen atoms in total. The standard InChI is InChI=1S/C28H58O5Si6/c1-23(2)19-34-29-38(30-35-20-24(3)4,27-15-11-9-12-16-27)33-39(31-36-21-25(5)6,32-37-22-26(7)8)28-17-13-10-14-18-28/h19-22,27-28H,9-18,34-37H2,1-8H3. The van der Waals surface area contributed by atoms with E-state index in [9.17, 15) is 0 Å². The first kappa shape index (κ1) is 35.3. The summed E-state index contributed by atoms with van der Waals surface area (Å²) in [6.45, 7) is 17.4. The van der Waals surface area contributed by atoms with Crippen molar-refractivity contribution in [2.75, 3.05) is 0 Å². The smallest absolute Gasteiger partial charge is 0.418 e. The Balaban J connectivity index is 2.61. The van der Waals surface area contributed by atoms with Crippen LogP contribution in [0.5, 0.6) is 0 Å². The first-order chi connectivity index (χ1) is 18.6. The summed E-state index contributed by atoms with van der Waals surface area (Å²) in [5, 5.41) is 0. The highest BCUT2D eigenvalue weighted by molar-refractivity contribution is 6.84. The Morgan fingerprint density at radius 3 is 0.949 bits per heavy atom. The van der Waals surface area contributed by atoms with Crippen LogP contribution in [0.3, 0.4) is 0 Å². The fourth-order valence-electron chi connectivity index (χ4n) is 5.25. The average molecular weight is 643 g/mol. The summed E-state index contributed by atoms with van der Waals surface area (Å²) in [5.41, 5.74) is 15.3. The first-order valence-corrected chi connectivity index (χ1v) is 24.6. The molecule has 2 rings (SSSR count). The Bertz CT molecular complexity index is 719. The van der Waals surface area contributed by atoms with Crippen LogP contribution >= 0.6 is 0 Å². The minimum atomic E-state index is -3.05. The maximum absolute atomic E-state index is 7.64. The van der Waals surface area contributed by atoms with Crippen molar-refractivity contribution in [1.29, 1.82) is 0 Å². The Morgan fingerprint density at radius 1 is 0.462 bits per heavy atom. The predicted octanol–water partition coefficient (Wildman–Crippen LogP) is 5.65. The van der Waals surface area contributed by atoms with Gasteiger partial charge in [0, 0.05) is 11.1 Å². The van der Waals surface area contributed by atoms with Gasteiger partial charge in [-0.1, -0.05) is 83.6 Å². The summed E-state index contributed by atoms with van der Waals surface area (Å²) in [6, 6.07) is 0. The second kappa shape index (κ2) is 18.6. The Kier molecular flexibility index (Phi) is 16.8. The lowest BCUT2D eigenvalue weighted by molar-refractivity contribution is 0.158. The van der Waals surface area contributed by atoms with Gasteiger partial charge in [0.15, 0.2) is 39.1 Å². The van der Waals surface area contributed by atoms with E-state index in [1.54, 1.807) is 0 Å². The van der Waals surface area contributed by atoms with Crippen LogP contribution in [0.4, 0.5) is 0 Å². The molecule has 0 radical (unpaired) electrons. The van der Waals surface area contributed by atoms with Gasteiger partial charge in [-0.2, -0.15) is 0 Å². The van der Waals surface area contributed by atoms with Gasteiger partial charge in [0.05, 0.1) is 0 Å². The maximum atomic E-state index is 7.64. The lowest BCUT2D eigenvalue weighted by atomic mass is 10.0. The van der Waals surface area contributed by atoms with Crippen molar-refractivity contribution in [3.63, 3.8) is 0 Å². The molecule has 0 atom stereocenters. The van der Waals surface area contributed by atoms with Gasteiger partial charge in [0.2, 0.25) is 0 Å². The van der Waals surface area contributed by atoms with Gasteiger partial charge in [0.1, 0.15) is 0 Å². The molecule has 11 heteroatoms. The van der Waals surface area contributed by atoms with Crippen LogP contribution in [0, 0.1) is 0 Å². The van der Waals surface area contributed by atoms with E-state index >= 15 is 0 Å². The van der Waals surface area contributed by atoms with Gasteiger partial charge >= 0.3 is 17.6 Å². The molecule has 2 saturated carbocycles. The minimum Gasteiger partial charge on any atom is -0.418 e. The Labute approximate surface area is 252 Å². The van der Waals surface area contributed by atoms with E-state index in [1.807, 2.05) is 0 Å². The third kappa shape index (κ3) is 12.9. The zero-order valence-corrected chi connectivity index (χ0v) is 34.1. The molecule has 0 N–H and O–H groups in total. The van der Waals surface area contributed by atoms with Gasteiger partial charge in [-0.3, -0.25) is 0 Å². The van der Waals surface area contributed by atoms with Crippen molar-refractivity contribution < 1.29 is 20.6 Å². The average Bonchev–Trinajstić information content (AvgIpc) is 2.88. The molecule has 0 aliphatic heterocycles.